The molecule has 0 aromatic heterocycles. The van der Waals surface area contributed by atoms with E-state index >= 15 is 0 Å². The molecule has 5 nitrogen and oxygen atoms in total. The smallest absolute Gasteiger partial charge is 0.307 e. The summed E-state index contributed by atoms with van der Waals surface area (Å²) >= 11 is 0. The zero-order chi connectivity index (χ0) is 14.1. The molecule has 0 saturated carbocycles. The first-order chi connectivity index (χ1) is 9.11. The molecule has 1 rings (SSSR count). The van der Waals surface area contributed by atoms with Crippen LogP contribution in [-0.2, 0) is 20.7 Å². The van der Waals surface area contributed by atoms with Gasteiger partial charge in [-0.1, -0.05) is 12.1 Å². The number of aliphatic carboxylic acids is 1. The first-order valence-corrected chi connectivity index (χ1v) is 6.12. The van der Waals surface area contributed by atoms with E-state index in [1.54, 1.807) is 24.3 Å². The van der Waals surface area contributed by atoms with Crippen LogP contribution in [0.25, 0.3) is 0 Å². The predicted molar refractivity (Wildman–Crippen MR) is 69.1 cm³/mol. The summed E-state index contributed by atoms with van der Waals surface area (Å²) in [7, 11) is 1.37. The van der Waals surface area contributed by atoms with Gasteiger partial charge in [0.15, 0.2) is 0 Å². The highest BCUT2D eigenvalue weighted by atomic mass is 16.5. The molecular weight excluding hydrogens is 248 g/mol. The molecule has 1 N–H and O–H groups in total. The van der Waals surface area contributed by atoms with Crippen LogP contribution in [0.3, 0.4) is 0 Å². The molecule has 1 aromatic carbocycles. The molecule has 5 heteroatoms. The molecule has 19 heavy (non-hydrogen) atoms. The van der Waals surface area contributed by atoms with Gasteiger partial charge in [0.1, 0.15) is 5.75 Å². The quantitative estimate of drug-likeness (QED) is 0.575. The number of methoxy groups -OCH3 is 1. The highest BCUT2D eigenvalue weighted by Crippen LogP contribution is 2.13. The zero-order valence-electron chi connectivity index (χ0n) is 10.9. The van der Waals surface area contributed by atoms with Crippen LogP contribution in [0.4, 0.5) is 0 Å². The topological polar surface area (TPSA) is 72.8 Å². The molecule has 0 spiro atoms. The number of benzene rings is 1. The molecule has 0 aliphatic carbocycles. The fourth-order valence-electron chi connectivity index (χ4n) is 1.54. The summed E-state index contributed by atoms with van der Waals surface area (Å²) in [6.45, 7) is 0.523. The lowest BCUT2D eigenvalue weighted by Gasteiger charge is -2.06. The van der Waals surface area contributed by atoms with Crippen molar-refractivity contribution in [2.45, 2.75) is 25.7 Å². The zero-order valence-corrected chi connectivity index (χ0v) is 10.9. The molecule has 0 heterocycles. The Kier molecular flexibility index (Phi) is 6.43. The molecule has 0 aliphatic heterocycles. The summed E-state index contributed by atoms with van der Waals surface area (Å²) in [5, 5.41) is 8.63. The number of carbonyl (C=O) groups is 2. The van der Waals surface area contributed by atoms with Crippen molar-refractivity contribution in [2.24, 2.45) is 0 Å². The van der Waals surface area contributed by atoms with Crippen LogP contribution in [0, 0.1) is 0 Å². The second-order valence-corrected chi connectivity index (χ2v) is 4.10. The van der Waals surface area contributed by atoms with Crippen LogP contribution < -0.4 is 4.74 Å². The Bertz CT molecular complexity index is 410. The number of hydrogen-bond acceptors (Lipinski definition) is 4. The molecule has 0 amide bonds. The van der Waals surface area contributed by atoms with Gasteiger partial charge in [-0.3, -0.25) is 9.59 Å². The monoisotopic (exact) mass is 266 g/mol. The summed E-state index contributed by atoms with van der Waals surface area (Å²) in [6, 6.07) is 6.97. The molecule has 0 unspecified atom stereocenters. The summed E-state index contributed by atoms with van der Waals surface area (Å²) < 4.78 is 10.0. The third-order valence-electron chi connectivity index (χ3n) is 2.55. The molecule has 0 saturated heterocycles. The highest BCUT2D eigenvalue weighted by molar-refractivity contribution is 5.70. The summed E-state index contributed by atoms with van der Waals surface area (Å²) in [6.07, 6.45) is 1.91. The number of carboxylic acids is 1. The van der Waals surface area contributed by atoms with Crippen molar-refractivity contribution in [1.82, 2.24) is 0 Å². The molecule has 0 aliphatic rings. The van der Waals surface area contributed by atoms with Gasteiger partial charge in [-0.15, -0.1) is 0 Å². The third-order valence-corrected chi connectivity index (χ3v) is 2.55. The van der Waals surface area contributed by atoms with Crippen molar-refractivity contribution in [3.05, 3.63) is 29.8 Å². The van der Waals surface area contributed by atoms with Gasteiger partial charge >= 0.3 is 11.9 Å². The normalized spacial score (nSPS) is 9.95. The second-order valence-electron chi connectivity index (χ2n) is 4.10. The van der Waals surface area contributed by atoms with Crippen LogP contribution in [0.1, 0.15) is 24.8 Å². The van der Waals surface area contributed by atoms with Crippen LogP contribution in [0.5, 0.6) is 5.75 Å². The summed E-state index contributed by atoms with van der Waals surface area (Å²) in [4.78, 5) is 21.4. The fourth-order valence-corrected chi connectivity index (χ4v) is 1.54. The van der Waals surface area contributed by atoms with Crippen molar-refractivity contribution in [3.8, 4) is 5.75 Å². The van der Waals surface area contributed by atoms with Crippen molar-refractivity contribution < 1.29 is 24.2 Å². The number of hydrogen-bond donors (Lipinski definition) is 1. The first kappa shape index (κ1) is 15.0. The average molecular weight is 266 g/mol. The largest absolute Gasteiger partial charge is 0.494 e. The number of carboxylic acid groups (broad SMARTS) is 1. The van der Waals surface area contributed by atoms with Crippen LogP contribution in [0.15, 0.2) is 24.3 Å². The molecule has 1 aromatic rings. The number of ether oxygens (including phenoxy) is 2. The van der Waals surface area contributed by atoms with Gasteiger partial charge in [0.05, 0.1) is 20.1 Å². The Balaban J connectivity index is 2.22. The van der Waals surface area contributed by atoms with Crippen LogP contribution in [-0.4, -0.2) is 30.8 Å². The maximum Gasteiger partial charge on any atom is 0.307 e. The van der Waals surface area contributed by atoms with E-state index in [1.807, 2.05) is 0 Å². The van der Waals surface area contributed by atoms with Crippen molar-refractivity contribution in [2.75, 3.05) is 13.7 Å². The number of carbonyl (C=O) groups excluding carboxylic acids is 1. The molecular formula is C14H18O5. The minimum absolute atomic E-state index is 0.0133. The molecule has 0 atom stereocenters. The van der Waals surface area contributed by atoms with Crippen molar-refractivity contribution in [3.63, 3.8) is 0 Å². The van der Waals surface area contributed by atoms with Gasteiger partial charge in [0, 0.05) is 6.42 Å². The summed E-state index contributed by atoms with van der Waals surface area (Å²) in [5.41, 5.74) is 0.741. The van der Waals surface area contributed by atoms with Gasteiger partial charge in [0.25, 0.3) is 0 Å². The van der Waals surface area contributed by atoms with Gasteiger partial charge in [-0.25, -0.2) is 0 Å². The van der Waals surface area contributed by atoms with Crippen molar-refractivity contribution >= 4 is 11.9 Å². The van der Waals surface area contributed by atoms with E-state index in [1.165, 1.54) is 7.11 Å². The van der Waals surface area contributed by atoms with E-state index in [0.717, 1.165) is 18.4 Å². The lowest BCUT2D eigenvalue weighted by Crippen LogP contribution is -2.03. The van der Waals surface area contributed by atoms with Gasteiger partial charge < -0.3 is 14.6 Å². The Morgan fingerprint density at radius 3 is 2.42 bits per heavy atom. The lowest BCUT2D eigenvalue weighted by molar-refractivity contribution is -0.140. The van der Waals surface area contributed by atoms with Gasteiger partial charge in [0.2, 0.25) is 0 Å². The third kappa shape index (κ3) is 6.45. The predicted octanol–water partition coefficient (Wildman–Crippen LogP) is 2.04. The second kappa shape index (κ2) is 8.13. The minimum Gasteiger partial charge on any atom is -0.494 e. The molecule has 0 fully saturated rings. The van der Waals surface area contributed by atoms with E-state index in [4.69, 9.17) is 9.84 Å². The SMILES string of the molecule is COC(=O)CCCCOc1ccc(CC(=O)O)cc1. The Labute approximate surface area is 112 Å². The van der Waals surface area contributed by atoms with Crippen LogP contribution >= 0.6 is 0 Å². The minimum atomic E-state index is -0.850. The maximum absolute atomic E-state index is 10.9. The fraction of sp³-hybridized carbons (Fsp3) is 0.429. The first-order valence-electron chi connectivity index (χ1n) is 6.12. The maximum atomic E-state index is 10.9. The molecule has 104 valence electrons. The number of esters is 1. The van der Waals surface area contributed by atoms with Crippen LogP contribution in [0.2, 0.25) is 0 Å². The Hall–Kier alpha value is -2.04. The molecule has 0 bridgehead atoms. The van der Waals surface area contributed by atoms with Gasteiger partial charge in [-0.2, -0.15) is 0 Å². The Morgan fingerprint density at radius 1 is 1.16 bits per heavy atom. The number of rotatable bonds is 8. The summed E-state index contributed by atoms with van der Waals surface area (Å²) in [5.74, 6) is -0.360. The van der Waals surface area contributed by atoms with E-state index in [0.29, 0.717) is 18.8 Å². The molecule has 0 radical (unpaired) electrons. The van der Waals surface area contributed by atoms with Gasteiger partial charge in [-0.05, 0) is 30.5 Å². The highest BCUT2D eigenvalue weighted by Gasteiger charge is 2.02. The van der Waals surface area contributed by atoms with E-state index in [2.05, 4.69) is 4.74 Å². The standard InChI is InChI=1S/C14H18O5/c1-18-14(17)4-2-3-9-19-12-7-5-11(6-8-12)10-13(15)16/h5-8H,2-4,9-10H2,1H3,(H,15,16). The Morgan fingerprint density at radius 2 is 1.84 bits per heavy atom. The van der Waals surface area contributed by atoms with Crippen molar-refractivity contribution in [1.29, 1.82) is 0 Å². The van der Waals surface area contributed by atoms with E-state index in [-0.39, 0.29) is 12.4 Å². The number of unbranched alkanes of at least 4 members (excludes halogenated alkanes) is 1. The lowest BCUT2D eigenvalue weighted by atomic mass is 10.1. The average Bonchev–Trinajstić information content (AvgIpc) is 2.39. The van der Waals surface area contributed by atoms with E-state index in [9.17, 15) is 9.59 Å². The van der Waals surface area contributed by atoms with E-state index < -0.39 is 5.97 Å².